The van der Waals surface area contributed by atoms with Gasteiger partial charge < -0.3 is 0 Å². The average Bonchev–Trinajstić information content (AvgIpc) is 2.98. The smallest absolute Gasteiger partial charge is 0.164 e. The molecule has 1 aromatic heterocycles. The van der Waals surface area contributed by atoms with Crippen molar-refractivity contribution in [3.8, 4) is 5.69 Å². The van der Waals surface area contributed by atoms with Gasteiger partial charge in [-0.1, -0.05) is 23.7 Å². The Hall–Kier alpha value is -1.85. The van der Waals surface area contributed by atoms with Crippen LogP contribution in [0.25, 0.3) is 5.69 Å². The Morgan fingerprint density at radius 3 is 2.78 bits per heavy atom. The Bertz CT molecular complexity index is 604. The Balaban J connectivity index is 2.10. The number of hydrazine groups is 1. The molecule has 2 heterocycles. The third-order valence-electron chi connectivity index (χ3n) is 2.83. The SMILES string of the molecule is NN1CCN=C1c1ccnn1-c1ccccc1Cl. The number of rotatable bonds is 2. The molecule has 2 aromatic rings. The second kappa shape index (κ2) is 4.44. The summed E-state index contributed by atoms with van der Waals surface area (Å²) in [5, 5.41) is 6.57. The van der Waals surface area contributed by atoms with Crippen LogP contribution in [0.2, 0.25) is 5.02 Å². The number of nitrogens with zero attached hydrogens (tertiary/aromatic N) is 4. The quantitative estimate of drug-likeness (QED) is 0.833. The van der Waals surface area contributed by atoms with Gasteiger partial charge in [0.2, 0.25) is 0 Å². The number of aliphatic imine (C=N–C) groups is 1. The molecule has 92 valence electrons. The van der Waals surface area contributed by atoms with Gasteiger partial charge in [0, 0.05) is 0 Å². The van der Waals surface area contributed by atoms with Gasteiger partial charge in [-0.05, 0) is 18.2 Å². The molecule has 0 aliphatic carbocycles. The highest BCUT2D eigenvalue weighted by molar-refractivity contribution is 6.32. The largest absolute Gasteiger partial charge is 0.291 e. The molecule has 2 N–H and O–H groups in total. The van der Waals surface area contributed by atoms with Gasteiger partial charge in [-0.3, -0.25) is 10.0 Å². The summed E-state index contributed by atoms with van der Waals surface area (Å²) in [7, 11) is 0. The summed E-state index contributed by atoms with van der Waals surface area (Å²) in [4.78, 5) is 4.39. The summed E-state index contributed by atoms with van der Waals surface area (Å²) >= 11 is 6.19. The average molecular weight is 262 g/mol. The van der Waals surface area contributed by atoms with E-state index < -0.39 is 0 Å². The number of hydrogen-bond donors (Lipinski definition) is 1. The van der Waals surface area contributed by atoms with E-state index in [4.69, 9.17) is 17.4 Å². The first kappa shape index (κ1) is 11.3. The molecule has 0 bridgehead atoms. The Morgan fingerprint density at radius 1 is 1.22 bits per heavy atom. The molecule has 18 heavy (non-hydrogen) atoms. The molecule has 3 rings (SSSR count). The molecule has 0 saturated carbocycles. The Kier molecular flexibility index (Phi) is 2.77. The van der Waals surface area contributed by atoms with Crippen LogP contribution in [-0.2, 0) is 0 Å². The molecule has 1 aliphatic rings. The molecular formula is C12H12ClN5. The van der Waals surface area contributed by atoms with Crippen molar-refractivity contribution in [3.63, 3.8) is 0 Å². The number of halogens is 1. The number of hydrogen-bond acceptors (Lipinski definition) is 4. The molecule has 5 nitrogen and oxygen atoms in total. The van der Waals surface area contributed by atoms with Gasteiger partial charge in [0.1, 0.15) is 5.69 Å². The fourth-order valence-corrected chi connectivity index (χ4v) is 2.19. The van der Waals surface area contributed by atoms with E-state index in [1.165, 1.54) is 0 Å². The lowest BCUT2D eigenvalue weighted by atomic mass is 10.3. The number of para-hydroxylation sites is 1. The minimum absolute atomic E-state index is 0.643. The maximum absolute atomic E-state index is 6.19. The second-order valence-corrected chi connectivity index (χ2v) is 4.39. The first-order chi connectivity index (χ1) is 8.77. The Morgan fingerprint density at radius 2 is 2.06 bits per heavy atom. The van der Waals surface area contributed by atoms with Crippen LogP contribution in [0.5, 0.6) is 0 Å². The van der Waals surface area contributed by atoms with Crippen molar-refractivity contribution in [1.82, 2.24) is 14.8 Å². The lowest BCUT2D eigenvalue weighted by Crippen LogP contribution is -2.36. The maximum Gasteiger partial charge on any atom is 0.164 e. The summed E-state index contributed by atoms with van der Waals surface area (Å²) in [6, 6.07) is 9.43. The van der Waals surface area contributed by atoms with Crippen LogP contribution in [0.1, 0.15) is 5.69 Å². The molecule has 0 fully saturated rings. The van der Waals surface area contributed by atoms with E-state index in [1.54, 1.807) is 15.9 Å². The number of aromatic nitrogens is 2. The number of benzene rings is 1. The van der Waals surface area contributed by atoms with Gasteiger partial charge in [0.25, 0.3) is 0 Å². The third kappa shape index (κ3) is 1.77. The van der Waals surface area contributed by atoms with Gasteiger partial charge in [-0.2, -0.15) is 5.10 Å². The van der Waals surface area contributed by atoms with E-state index in [2.05, 4.69) is 10.1 Å². The zero-order valence-corrected chi connectivity index (χ0v) is 10.4. The van der Waals surface area contributed by atoms with Crippen molar-refractivity contribution in [1.29, 1.82) is 0 Å². The van der Waals surface area contributed by atoms with Crippen molar-refractivity contribution in [2.45, 2.75) is 0 Å². The predicted molar refractivity (Wildman–Crippen MR) is 70.9 cm³/mol. The van der Waals surface area contributed by atoms with E-state index in [0.717, 1.165) is 23.8 Å². The zero-order chi connectivity index (χ0) is 12.5. The van der Waals surface area contributed by atoms with Crippen molar-refractivity contribution >= 4 is 17.4 Å². The van der Waals surface area contributed by atoms with Gasteiger partial charge in [0.05, 0.1) is 30.0 Å². The number of amidine groups is 1. The minimum atomic E-state index is 0.643. The van der Waals surface area contributed by atoms with Crippen molar-refractivity contribution < 1.29 is 0 Å². The maximum atomic E-state index is 6.19. The van der Waals surface area contributed by atoms with E-state index in [9.17, 15) is 0 Å². The fourth-order valence-electron chi connectivity index (χ4n) is 1.98. The lowest BCUT2D eigenvalue weighted by molar-refractivity contribution is 0.482. The lowest BCUT2D eigenvalue weighted by Gasteiger charge is -2.15. The molecular weight excluding hydrogens is 250 g/mol. The van der Waals surface area contributed by atoms with Crippen LogP contribution in [0.3, 0.4) is 0 Å². The van der Waals surface area contributed by atoms with Gasteiger partial charge in [-0.25, -0.2) is 10.5 Å². The highest BCUT2D eigenvalue weighted by Gasteiger charge is 2.20. The summed E-state index contributed by atoms with van der Waals surface area (Å²) in [5.41, 5.74) is 1.67. The zero-order valence-electron chi connectivity index (χ0n) is 9.62. The molecule has 0 atom stereocenters. The highest BCUT2D eigenvalue weighted by atomic mass is 35.5. The van der Waals surface area contributed by atoms with E-state index in [0.29, 0.717) is 11.6 Å². The monoisotopic (exact) mass is 261 g/mol. The van der Waals surface area contributed by atoms with Crippen molar-refractivity contribution in [3.05, 3.63) is 47.2 Å². The molecule has 0 unspecified atom stereocenters. The molecule has 6 heteroatoms. The van der Waals surface area contributed by atoms with Crippen LogP contribution in [0.4, 0.5) is 0 Å². The van der Waals surface area contributed by atoms with E-state index in [1.807, 2.05) is 30.3 Å². The van der Waals surface area contributed by atoms with E-state index >= 15 is 0 Å². The third-order valence-corrected chi connectivity index (χ3v) is 3.15. The first-order valence-corrected chi connectivity index (χ1v) is 6.01. The normalized spacial score (nSPS) is 15.0. The first-order valence-electron chi connectivity index (χ1n) is 5.63. The predicted octanol–water partition coefficient (Wildman–Crippen LogP) is 1.46. The van der Waals surface area contributed by atoms with Gasteiger partial charge >= 0.3 is 0 Å². The molecule has 0 amide bonds. The molecule has 0 saturated heterocycles. The topological polar surface area (TPSA) is 59.4 Å². The molecule has 1 aromatic carbocycles. The van der Waals surface area contributed by atoms with Crippen LogP contribution >= 0.6 is 11.6 Å². The second-order valence-electron chi connectivity index (χ2n) is 3.98. The molecule has 1 aliphatic heterocycles. The van der Waals surface area contributed by atoms with Crippen molar-refractivity contribution in [2.75, 3.05) is 13.1 Å². The van der Waals surface area contributed by atoms with Crippen LogP contribution in [-0.4, -0.2) is 33.7 Å². The molecule has 0 spiro atoms. The molecule has 0 radical (unpaired) electrons. The van der Waals surface area contributed by atoms with Crippen LogP contribution in [0.15, 0.2) is 41.5 Å². The van der Waals surface area contributed by atoms with Crippen LogP contribution in [0, 0.1) is 0 Å². The van der Waals surface area contributed by atoms with Crippen molar-refractivity contribution in [2.24, 2.45) is 10.8 Å². The summed E-state index contributed by atoms with van der Waals surface area (Å²) in [6.45, 7) is 1.43. The summed E-state index contributed by atoms with van der Waals surface area (Å²) in [5.74, 6) is 6.63. The van der Waals surface area contributed by atoms with E-state index in [-0.39, 0.29) is 0 Å². The summed E-state index contributed by atoms with van der Waals surface area (Å²) in [6.07, 6.45) is 1.72. The number of nitrogens with two attached hydrogens (primary N) is 1. The fraction of sp³-hybridized carbons (Fsp3) is 0.167. The van der Waals surface area contributed by atoms with Crippen LogP contribution < -0.4 is 5.84 Å². The minimum Gasteiger partial charge on any atom is -0.291 e. The van der Waals surface area contributed by atoms with Gasteiger partial charge in [0.15, 0.2) is 5.84 Å². The standard InChI is InChI=1S/C12H12ClN5/c13-9-3-1-2-4-10(9)18-11(5-6-16-18)12-15-7-8-17(12)14/h1-6H,7-8,14H2. The van der Waals surface area contributed by atoms with Gasteiger partial charge in [-0.15, -0.1) is 0 Å². The highest BCUT2D eigenvalue weighted by Crippen LogP contribution is 2.21. The Labute approximate surface area is 109 Å². The summed E-state index contributed by atoms with van der Waals surface area (Å²) < 4.78 is 1.76.